The Labute approximate surface area is 124 Å². The maximum atomic E-state index is 9.45. The fourth-order valence-electron chi connectivity index (χ4n) is 3.02. The van der Waals surface area contributed by atoms with Crippen LogP contribution in [0.4, 0.5) is 11.6 Å². The highest BCUT2D eigenvalue weighted by Crippen LogP contribution is 2.27. The summed E-state index contributed by atoms with van der Waals surface area (Å²) in [5.74, 6) is 3.13. The summed E-state index contributed by atoms with van der Waals surface area (Å²) in [6, 6.07) is 2.30. The highest BCUT2D eigenvalue weighted by Gasteiger charge is 2.26. The summed E-state index contributed by atoms with van der Waals surface area (Å²) in [4.78, 5) is 13.4. The van der Waals surface area contributed by atoms with Gasteiger partial charge in [0, 0.05) is 36.7 Å². The Morgan fingerprint density at radius 2 is 2.20 bits per heavy atom. The molecule has 5 nitrogen and oxygen atoms in total. The molecule has 3 heterocycles. The van der Waals surface area contributed by atoms with E-state index in [-0.39, 0.29) is 12.6 Å². The van der Waals surface area contributed by atoms with Gasteiger partial charge in [0.05, 0.1) is 12.6 Å². The van der Waals surface area contributed by atoms with E-state index in [1.807, 2.05) is 11.8 Å². The van der Waals surface area contributed by atoms with Crippen LogP contribution in [0.25, 0.3) is 0 Å². The van der Waals surface area contributed by atoms with Gasteiger partial charge in [0.2, 0.25) is 0 Å². The molecule has 0 aliphatic carbocycles. The maximum Gasteiger partial charge on any atom is 0.134 e. The van der Waals surface area contributed by atoms with Crippen LogP contribution < -0.4 is 9.80 Å². The van der Waals surface area contributed by atoms with Gasteiger partial charge < -0.3 is 14.9 Å². The predicted octanol–water partition coefficient (Wildman–Crippen LogP) is 1.38. The van der Waals surface area contributed by atoms with Gasteiger partial charge in [0.25, 0.3) is 0 Å². The molecule has 2 aliphatic heterocycles. The van der Waals surface area contributed by atoms with Gasteiger partial charge in [0.15, 0.2) is 0 Å². The zero-order valence-electron chi connectivity index (χ0n) is 11.9. The van der Waals surface area contributed by atoms with Crippen molar-refractivity contribution in [2.24, 2.45) is 0 Å². The summed E-state index contributed by atoms with van der Waals surface area (Å²) < 4.78 is 0. The summed E-state index contributed by atoms with van der Waals surface area (Å²) in [6.45, 7) is 5.55. The van der Waals surface area contributed by atoms with Gasteiger partial charge in [-0.1, -0.05) is 6.92 Å². The molecule has 0 saturated carbocycles. The van der Waals surface area contributed by atoms with E-state index in [4.69, 9.17) is 0 Å². The average Bonchev–Trinajstić information content (AvgIpc) is 2.96. The third-order valence-electron chi connectivity index (χ3n) is 4.09. The van der Waals surface area contributed by atoms with E-state index in [0.717, 1.165) is 49.9 Å². The molecule has 3 rings (SSSR count). The molecule has 1 aromatic rings. The van der Waals surface area contributed by atoms with Gasteiger partial charge in [-0.2, -0.15) is 11.8 Å². The number of aromatic nitrogens is 2. The molecule has 2 saturated heterocycles. The second kappa shape index (κ2) is 6.18. The number of nitrogens with zero attached hydrogens (tertiary/aromatic N) is 4. The first-order valence-electron chi connectivity index (χ1n) is 7.34. The van der Waals surface area contributed by atoms with Crippen molar-refractivity contribution in [2.45, 2.75) is 31.1 Å². The minimum Gasteiger partial charge on any atom is -0.394 e. The van der Waals surface area contributed by atoms with E-state index in [2.05, 4.69) is 32.8 Å². The van der Waals surface area contributed by atoms with Crippen LogP contribution in [0.1, 0.15) is 19.8 Å². The van der Waals surface area contributed by atoms with Crippen LogP contribution in [0.3, 0.4) is 0 Å². The molecule has 0 spiro atoms. The number of anilines is 2. The van der Waals surface area contributed by atoms with Crippen LogP contribution in [-0.4, -0.2) is 58.4 Å². The summed E-state index contributed by atoms with van der Waals surface area (Å²) in [5, 5.41) is 10.1. The molecule has 6 heteroatoms. The second-order valence-corrected chi connectivity index (χ2v) is 7.08. The lowest BCUT2D eigenvalue weighted by Gasteiger charge is -2.32. The van der Waals surface area contributed by atoms with Crippen molar-refractivity contribution in [3.8, 4) is 0 Å². The number of aliphatic hydroxyl groups excluding tert-OH is 1. The molecule has 0 amide bonds. The molecular formula is C14H22N4OS. The van der Waals surface area contributed by atoms with Crippen molar-refractivity contribution in [1.29, 1.82) is 0 Å². The van der Waals surface area contributed by atoms with Gasteiger partial charge in [-0.25, -0.2) is 9.97 Å². The molecule has 2 fully saturated rings. The van der Waals surface area contributed by atoms with E-state index in [1.54, 1.807) is 6.33 Å². The molecule has 0 radical (unpaired) electrons. The van der Waals surface area contributed by atoms with E-state index in [1.165, 1.54) is 0 Å². The van der Waals surface area contributed by atoms with Crippen LogP contribution >= 0.6 is 11.8 Å². The van der Waals surface area contributed by atoms with Crippen molar-refractivity contribution < 1.29 is 5.11 Å². The van der Waals surface area contributed by atoms with Gasteiger partial charge in [-0.15, -0.1) is 0 Å². The minimum atomic E-state index is 0.205. The Kier molecular flexibility index (Phi) is 4.31. The SMILES string of the molecule is CC1CN(c2cc(N3CCCC3CO)ncn2)CCS1. The molecule has 2 atom stereocenters. The first-order valence-corrected chi connectivity index (χ1v) is 8.39. The predicted molar refractivity (Wildman–Crippen MR) is 83.6 cm³/mol. The molecule has 1 N–H and O–H groups in total. The Morgan fingerprint density at radius 1 is 1.35 bits per heavy atom. The average molecular weight is 294 g/mol. The van der Waals surface area contributed by atoms with Crippen molar-refractivity contribution in [3.05, 3.63) is 12.4 Å². The number of thioether (sulfide) groups is 1. The van der Waals surface area contributed by atoms with Crippen molar-refractivity contribution in [2.75, 3.05) is 41.8 Å². The normalized spacial score (nSPS) is 27.1. The summed E-state index contributed by atoms with van der Waals surface area (Å²) >= 11 is 2.02. The number of hydrogen-bond donors (Lipinski definition) is 1. The monoisotopic (exact) mass is 294 g/mol. The van der Waals surface area contributed by atoms with Crippen LogP contribution in [0.15, 0.2) is 12.4 Å². The third kappa shape index (κ3) is 2.86. The van der Waals surface area contributed by atoms with E-state index in [9.17, 15) is 5.11 Å². The Bertz CT molecular complexity index is 459. The Balaban J connectivity index is 1.78. The third-order valence-corrected chi connectivity index (χ3v) is 5.22. The van der Waals surface area contributed by atoms with Crippen LogP contribution in [0.5, 0.6) is 0 Å². The Morgan fingerprint density at radius 3 is 3.00 bits per heavy atom. The van der Waals surface area contributed by atoms with Crippen molar-refractivity contribution >= 4 is 23.4 Å². The van der Waals surface area contributed by atoms with Gasteiger partial charge in [-0.3, -0.25) is 0 Å². The van der Waals surface area contributed by atoms with Gasteiger partial charge in [-0.05, 0) is 12.8 Å². The van der Waals surface area contributed by atoms with Crippen LogP contribution in [0.2, 0.25) is 0 Å². The zero-order chi connectivity index (χ0) is 13.9. The van der Waals surface area contributed by atoms with Gasteiger partial charge in [0.1, 0.15) is 18.0 Å². The smallest absolute Gasteiger partial charge is 0.134 e. The standard InChI is InChI=1S/C14H22N4OS/c1-11-8-17(5-6-20-11)13-7-14(16-10-15-13)18-4-2-3-12(18)9-19/h7,10-12,19H,2-6,8-9H2,1H3. The van der Waals surface area contributed by atoms with Gasteiger partial charge >= 0.3 is 0 Å². The molecule has 20 heavy (non-hydrogen) atoms. The summed E-state index contributed by atoms with van der Waals surface area (Å²) in [7, 11) is 0. The van der Waals surface area contributed by atoms with Crippen molar-refractivity contribution in [3.63, 3.8) is 0 Å². The van der Waals surface area contributed by atoms with E-state index >= 15 is 0 Å². The maximum absolute atomic E-state index is 9.45. The first kappa shape index (κ1) is 13.9. The number of aliphatic hydroxyl groups is 1. The van der Waals surface area contributed by atoms with Crippen LogP contribution in [-0.2, 0) is 0 Å². The highest BCUT2D eigenvalue weighted by molar-refractivity contribution is 8.00. The minimum absolute atomic E-state index is 0.205. The van der Waals surface area contributed by atoms with Crippen molar-refractivity contribution in [1.82, 2.24) is 9.97 Å². The fourth-order valence-corrected chi connectivity index (χ4v) is 4.03. The van der Waals surface area contributed by atoms with E-state index < -0.39 is 0 Å². The molecule has 2 aliphatic rings. The lowest BCUT2D eigenvalue weighted by atomic mass is 10.2. The second-order valence-electron chi connectivity index (χ2n) is 5.53. The molecule has 0 aromatic carbocycles. The topological polar surface area (TPSA) is 52.5 Å². The van der Waals surface area contributed by atoms with E-state index in [0.29, 0.717) is 5.25 Å². The highest BCUT2D eigenvalue weighted by atomic mass is 32.2. The zero-order valence-corrected chi connectivity index (χ0v) is 12.7. The lowest BCUT2D eigenvalue weighted by Crippen LogP contribution is -2.37. The first-order chi connectivity index (χ1) is 9.78. The lowest BCUT2D eigenvalue weighted by molar-refractivity contribution is 0.266. The molecule has 2 unspecified atom stereocenters. The largest absolute Gasteiger partial charge is 0.394 e. The molecule has 0 bridgehead atoms. The fraction of sp³-hybridized carbons (Fsp3) is 0.714. The summed E-state index contributed by atoms with van der Waals surface area (Å²) in [6.07, 6.45) is 3.83. The number of hydrogen-bond acceptors (Lipinski definition) is 6. The Hall–Kier alpha value is -1.01. The molecule has 110 valence electrons. The summed E-state index contributed by atoms with van der Waals surface area (Å²) in [5.41, 5.74) is 0. The molecular weight excluding hydrogens is 272 g/mol. The number of rotatable bonds is 3. The quantitative estimate of drug-likeness (QED) is 0.909. The molecule has 1 aromatic heterocycles. The van der Waals surface area contributed by atoms with Crippen LogP contribution in [0, 0.1) is 0 Å².